The fraction of sp³-hybridized carbons (Fsp3) is 0.500. The summed E-state index contributed by atoms with van der Waals surface area (Å²) in [4.78, 5) is 20.0. The Bertz CT molecular complexity index is 1180. The number of nitrogens with zero attached hydrogens (tertiary/aromatic N) is 4. The van der Waals surface area contributed by atoms with E-state index in [1.54, 1.807) is 17.0 Å². The van der Waals surface area contributed by atoms with Gasteiger partial charge in [-0.2, -0.15) is 0 Å². The topological polar surface area (TPSA) is 64.2 Å². The molecule has 0 spiro atoms. The average molecular weight is 517 g/mol. The number of piperazine rings is 1. The Morgan fingerprint density at radius 3 is 2.29 bits per heavy atom. The molecule has 0 aromatic heterocycles. The van der Waals surface area contributed by atoms with Crippen molar-refractivity contribution in [3.05, 3.63) is 53.1 Å². The molecule has 0 radical (unpaired) electrons. The maximum absolute atomic E-state index is 14.1. The zero-order valence-corrected chi connectivity index (χ0v) is 21.8. The lowest BCUT2D eigenvalue weighted by Gasteiger charge is -2.41. The minimum absolute atomic E-state index is 0.196. The lowest BCUT2D eigenvalue weighted by molar-refractivity contribution is 0.215. The third kappa shape index (κ3) is 4.88. The maximum atomic E-state index is 14.1. The summed E-state index contributed by atoms with van der Waals surface area (Å²) in [5.41, 5.74) is 1.91. The Balaban J connectivity index is 1.62. The van der Waals surface area contributed by atoms with Crippen molar-refractivity contribution < 1.29 is 13.2 Å². The Labute approximate surface area is 213 Å². The number of anilines is 2. The van der Waals surface area contributed by atoms with Gasteiger partial charge in [-0.3, -0.25) is 4.90 Å². The van der Waals surface area contributed by atoms with E-state index in [-0.39, 0.29) is 23.9 Å². The quantitative estimate of drug-likeness (QED) is 0.571. The van der Waals surface area contributed by atoms with E-state index < -0.39 is 16.1 Å². The minimum atomic E-state index is -4.04. The van der Waals surface area contributed by atoms with Crippen molar-refractivity contribution >= 4 is 39.0 Å². The van der Waals surface area contributed by atoms with Crippen molar-refractivity contribution in [3.63, 3.8) is 0 Å². The van der Waals surface area contributed by atoms with Crippen molar-refractivity contribution in [1.82, 2.24) is 9.21 Å². The number of halogens is 1. The highest BCUT2D eigenvalue weighted by Gasteiger charge is 2.45. The number of rotatable bonds is 5. The van der Waals surface area contributed by atoms with Crippen molar-refractivity contribution in [1.29, 1.82) is 0 Å². The van der Waals surface area contributed by atoms with Crippen LogP contribution in [0.4, 0.5) is 16.2 Å². The van der Waals surface area contributed by atoms with Gasteiger partial charge in [-0.15, -0.1) is 0 Å². The van der Waals surface area contributed by atoms with Gasteiger partial charge in [0.1, 0.15) is 4.90 Å². The first-order valence-electron chi connectivity index (χ1n) is 12.5. The summed E-state index contributed by atoms with van der Waals surface area (Å²) in [7, 11) is -1.98. The molecule has 7 nitrogen and oxygen atoms in total. The van der Waals surface area contributed by atoms with Crippen LogP contribution in [0.15, 0.2) is 47.4 Å². The largest absolute Gasteiger partial charge is 0.368 e. The number of hydrogen-bond acceptors (Lipinski definition) is 5. The van der Waals surface area contributed by atoms with Gasteiger partial charge in [-0.25, -0.2) is 17.5 Å². The van der Waals surface area contributed by atoms with Gasteiger partial charge >= 0.3 is 6.03 Å². The number of urea groups is 1. The van der Waals surface area contributed by atoms with Gasteiger partial charge in [0.15, 0.2) is 0 Å². The average Bonchev–Trinajstić information content (AvgIpc) is 2.86. The first-order valence-corrected chi connectivity index (χ1v) is 14.3. The van der Waals surface area contributed by atoms with E-state index in [4.69, 9.17) is 11.6 Å². The highest BCUT2D eigenvalue weighted by atomic mass is 35.5. The second-order valence-electron chi connectivity index (χ2n) is 9.96. The van der Waals surface area contributed by atoms with Gasteiger partial charge in [-0.1, -0.05) is 61.2 Å². The molecule has 9 heteroatoms. The van der Waals surface area contributed by atoms with Crippen LogP contribution in [0.25, 0.3) is 0 Å². The molecule has 1 saturated heterocycles. The van der Waals surface area contributed by atoms with E-state index in [0.717, 1.165) is 48.6 Å². The maximum Gasteiger partial charge on any atom is 0.338 e. The standard InChI is InChI=1S/C26H33ClN4O3S/c1-28-12-14-29(15-13-28)23-16-22(27)17-24-25(23)35(33,34)31(19-21-10-6-3-7-11-21)26(32)30(24)18-20-8-4-2-5-9-20/h2,4-5,8-9,16-17,21H,3,6-7,10-15,18-19H2,1H3. The molecule has 2 heterocycles. The summed E-state index contributed by atoms with van der Waals surface area (Å²) in [6.07, 6.45) is 5.25. The van der Waals surface area contributed by atoms with Crippen LogP contribution in [0.5, 0.6) is 0 Å². The number of carbonyl (C=O) groups is 1. The molecular weight excluding hydrogens is 484 g/mol. The van der Waals surface area contributed by atoms with E-state index in [1.807, 2.05) is 30.3 Å². The second kappa shape index (κ2) is 9.99. The predicted octanol–water partition coefficient (Wildman–Crippen LogP) is 4.80. The smallest absolute Gasteiger partial charge is 0.338 e. The second-order valence-corrected chi connectivity index (χ2v) is 12.2. The van der Waals surface area contributed by atoms with Gasteiger partial charge in [0.25, 0.3) is 10.0 Å². The van der Waals surface area contributed by atoms with Gasteiger partial charge < -0.3 is 9.80 Å². The monoisotopic (exact) mass is 516 g/mol. The van der Waals surface area contributed by atoms with E-state index >= 15 is 0 Å². The molecule has 2 aliphatic heterocycles. The molecule has 2 amide bonds. The lowest BCUT2D eigenvalue weighted by atomic mass is 9.89. The molecule has 2 fully saturated rings. The summed E-state index contributed by atoms with van der Waals surface area (Å²) in [5.74, 6) is 0.196. The van der Waals surface area contributed by atoms with Crippen molar-refractivity contribution in [3.8, 4) is 0 Å². The van der Waals surface area contributed by atoms with E-state index in [1.165, 1.54) is 6.42 Å². The van der Waals surface area contributed by atoms with Crippen molar-refractivity contribution in [2.45, 2.75) is 43.5 Å². The van der Waals surface area contributed by atoms with Gasteiger partial charge in [0.05, 0.1) is 17.9 Å². The molecule has 0 N–H and O–H groups in total. The summed E-state index contributed by atoms with van der Waals surface area (Å²) >= 11 is 6.55. The highest BCUT2D eigenvalue weighted by Crippen LogP contribution is 2.44. The molecule has 5 rings (SSSR count). The number of carbonyl (C=O) groups excluding carboxylic acids is 1. The van der Waals surface area contributed by atoms with Crippen LogP contribution < -0.4 is 9.80 Å². The molecule has 3 aliphatic rings. The van der Waals surface area contributed by atoms with Crippen molar-refractivity contribution in [2.24, 2.45) is 5.92 Å². The summed E-state index contributed by atoms with van der Waals surface area (Å²) in [6, 6.07) is 12.6. The summed E-state index contributed by atoms with van der Waals surface area (Å²) in [6.45, 7) is 3.59. The Kier molecular flexibility index (Phi) is 6.97. The molecule has 1 saturated carbocycles. The molecule has 0 bridgehead atoms. The first-order chi connectivity index (χ1) is 16.8. The Morgan fingerprint density at radius 2 is 1.60 bits per heavy atom. The number of benzene rings is 2. The van der Waals surface area contributed by atoms with E-state index in [2.05, 4.69) is 16.8 Å². The molecule has 1 aliphatic carbocycles. The molecule has 2 aromatic rings. The number of likely N-dealkylation sites (N-methyl/N-ethyl adjacent to an activating group) is 1. The van der Waals surface area contributed by atoms with E-state index in [0.29, 0.717) is 29.5 Å². The van der Waals surface area contributed by atoms with Gasteiger partial charge in [-0.05, 0) is 43.5 Å². The Hall–Kier alpha value is -2.29. The molecule has 35 heavy (non-hydrogen) atoms. The minimum Gasteiger partial charge on any atom is -0.368 e. The van der Waals surface area contributed by atoms with Crippen LogP contribution in [0.3, 0.4) is 0 Å². The summed E-state index contributed by atoms with van der Waals surface area (Å²) in [5, 5.41) is 0.430. The lowest BCUT2D eigenvalue weighted by Crippen LogP contribution is -2.53. The normalized spacial score (nSPS) is 21.3. The number of amides is 2. The Morgan fingerprint density at radius 1 is 0.943 bits per heavy atom. The summed E-state index contributed by atoms with van der Waals surface area (Å²) < 4.78 is 29.4. The predicted molar refractivity (Wildman–Crippen MR) is 140 cm³/mol. The number of fused-ring (bicyclic) bond motifs is 1. The SMILES string of the molecule is CN1CCN(c2cc(Cl)cc3c2S(=O)(=O)N(CC2CCCCC2)C(=O)N3Cc2ccccc2)CC1. The molecule has 0 unspecified atom stereocenters. The third-order valence-electron chi connectivity index (χ3n) is 7.47. The van der Waals surface area contributed by atoms with Crippen LogP contribution in [0.2, 0.25) is 5.02 Å². The van der Waals surface area contributed by atoms with Gasteiger partial charge in [0.2, 0.25) is 0 Å². The number of sulfonamides is 1. The highest BCUT2D eigenvalue weighted by molar-refractivity contribution is 7.90. The fourth-order valence-corrected chi connectivity index (χ4v) is 7.49. The zero-order chi connectivity index (χ0) is 24.6. The molecular formula is C26H33ClN4O3S. The number of hydrogen-bond donors (Lipinski definition) is 0. The first kappa shape index (κ1) is 24.4. The van der Waals surface area contributed by atoms with Crippen LogP contribution >= 0.6 is 11.6 Å². The van der Waals surface area contributed by atoms with Crippen LogP contribution in [-0.4, -0.2) is 63.4 Å². The zero-order valence-electron chi connectivity index (χ0n) is 20.2. The van der Waals surface area contributed by atoms with E-state index in [9.17, 15) is 13.2 Å². The molecule has 188 valence electrons. The van der Waals surface area contributed by atoms with Crippen LogP contribution in [0.1, 0.15) is 37.7 Å². The van der Waals surface area contributed by atoms with Crippen LogP contribution in [0, 0.1) is 5.92 Å². The van der Waals surface area contributed by atoms with Gasteiger partial charge in [0, 0.05) is 37.7 Å². The molecule has 0 atom stereocenters. The fourth-order valence-electron chi connectivity index (χ4n) is 5.46. The van der Waals surface area contributed by atoms with Crippen LogP contribution in [-0.2, 0) is 16.6 Å². The van der Waals surface area contributed by atoms with Crippen molar-refractivity contribution in [2.75, 3.05) is 49.6 Å². The third-order valence-corrected chi connectivity index (χ3v) is 9.51. The molecule has 2 aromatic carbocycles.